The van der Waals surface area contributed by atoms with E-state index in [0.29, 0.717) is 12.2 Å². The van der Waals surface area contributed by atoms with Gasteiger partial charge in [-0.1, -0.05) is 18.2 Å². The maximum atomic E-state index is 12.6. The van der Waals surface area contributed by atoms with Gasteiger partial charge in [-0.3, -0.25) is 9.48 Å². The van der Waals surface area contributed by atoms with E-state index in [1.54, 1.807) is 4.68 Å². The van der Waals surface area contributed by atoms with Gasteiger partial charge in [0.15, 0.2) is 5.69 Å². The van der Waals surface area contributed by atoms with Crippen LogP contribution in [-0.2, 0) is 7.05 Å². The largest absolute Gasteiger partial charge is 0.336 e. The maximum absolute atomic E-state index is 12.6. The summed E-state index contributed by atoms with van der Waals surface area (Å²) >= 11 is 0. The topological polar surface area (TPSA) is 64.2 Å². The highest BCUT2D eigenvalue weighted by Gasteiger charge is 2.25. The van der Waals surface area contributed by atoms with Crippen molar-refractivity contribution in [1.29, 1.82) is 0 Å². The molecule has 1 aromatic carbocycles. The molecule has 1 amide bonds. The minimum absolute atomic E-state index is 0.00745. The normalized spacial score (nSPS) is 19.9. The van der Waals surface area contributed by atoms with Gasteiger partial charge in [-0.05, 0) is 18.9 Å². The first kappa shape index (κ1) is 12.2. The number of benzene rings is 1. The predicted molar refractivity (Wildman–Crippen MR) is 73.8 cm³/mol. The molecule has 0 bridgehead atoms. The van der Waals surface area contributed by atoms with Crippen molar-refractivity contribution in [3.63, 3.8) is 0 Å². The Morgan fingerprint density at radius 1 is 1.42 bits per heavy atom. The second-order valence-corrected chi connectivity index (χ2v) is 5.14. The lowest BCUT2D eigenvalue weighted by Gasteiger charge is -2.30. The van der Waals surface area contributed by atoms with E-state index in [2.05, 4.69) is 5.10 Å². The molecule has 1 atom stereocenters. The van der Waals surface area contributed by atoms with Crippen LogP contribution >= 0.6 is 0 Å². The summed E-state index contributed by atoms with van der Waals surface area (Å²) in [5.74, 6) is -0.00745. The Labute approximate surface area is 112 Å². The summed E-state index contributed by atoms with van der Waals surface area (Å²) < 4.78 is 1.76. The average Bonchev–Trinajstić information content (AvgIpc) is 2.76. The second kappa shape index (κ2) is 4.66. The van der Waals surface area contributed by atoms with Gasteiger partial charge in [-0.2, -0.15) is 5.10 Å². The van der Waals surface area contributed by atoms with Crippen molar-refractivity contribution in [3.8, 4) is 0 Å². The Hall–Kier alpha value is -1.88. The highest BCUT2D eigenvalue weighted by Crippen LogP contribution is 2.20. The van der Waals surface area contributed by atoms with Crippen LogP contribution in [0.3, 0.4) is 0 Å². The third-order valence-corrected chi connectivity index (χ3v) is 3.71. The van der Waals surface area contributed by atoms with Crippen LogP contribution < -0.4 is 5.73 Å². The fraction of sp³-hybridized carbons (Fsp3) is 0.429. The summed E-state index contributed by atoms with van der Waals surface area (Å²) in [4.78, 5) is 14.4. The molecule has 2 N–H and O–H groups in total. The molecule has 3 rings (SSSR count). The number of nitrogens with two attached hydrogens (primary N) is 1. The van der Waals surface area contributed by atoms with E-state index in [1.807, 2.05) is 36.2 Å². The number of aromatic nitrogens is 2. The summed E-state index contributed by atoms with van der Waals surface area (Å²) in [5, 5.41) is 5.29. The van der Waals surface area contributed by atoms with Gasteiger partial charge < -0.3 is 10.6 Å². The Kier molecular flexibility index (Phi) is 2.98. The molecular formula is C14H18N4O. The molecule has 5 heteroatoms. The van der Waals surface area contributed by atoms with Crippen LogP contribution in [0.15, 0.2) is 24.3 Å². The third-order valence-electron chi connectivity index (χ3n) is 3.71. The first-order chi connectivity index (χ1) is 9.16. The zero-order valence-corrected chi connectivity index (χ0v) is 11.0. The Morgan fingerprint density at radius 2 is 2.21 bits per heavy atom. The lowest BCUT2D eigenvalue weighted by Crippen LogP contribution is -2.45. The number of rotatable bonds is 1. The monoisotopic (exact) mass is 258 g/mol. The van der Waals surface area contributed by atoms with Crippen molar-refractivity contribution in [2.45, 2.75) is 18.9 Å². The number of fused-ring (bicyclic) bond motifs is 1. The average molecular weight is 258 g/mol. The molecule has 1 fully saturated rings. The number of amides is 1. The number of hydrogen-bond acceptors (Lipinski definition) is 3. The fourth-order valence-corrected chi connectivity index (χ4v) is 2.72. The molecule has 0 aliphatic carbocycles. The Bertz CT molecular complexity index is 619. The lowest BCUT2D eigenvalue weighted by molar-refractivity contribution is 0.0704. The van der Waals surface area contributed by atoms with E-state index in [-0.39, 0.29) is 11.9 Å². The maximum Gasteiger partial charge on any atom is 0.275 e. The molecule has 5 nitrogen and oxygen atoms in total. The summed E-state index contributed by atoms with van der Waals surface area (Å²) in [6, 6.07) is 7.89. The van der Waals surface area contributed by atoms with Crippen molar-refractivity contribution in [2.24, 2.45) is 12.8 Å². The fourth-order valence-electron chi connectivity index (χ4n) is 2.72. The number of nitrogens with zero attached hydrogens (tertiary/aromatic N) is 3. The molecule has 19 heavy (non-hydrogen) atoms. The smallest absolute Gasteiger partial charge is 0.275 e. The van der Waals surface area contributed by atoms with Gasteiger partial charge in [-0.15, -0.1) is 0 Å². The third kappa shape index (κ3) is 2.10. The molecule has 1 aromatic heterocycles. The minimum Gasteiger partial charge on any atom is -0.336 e. The highest BCUT2D eigenvalue weighted by molar-refractivity contribution is 6.04. The minimum atomic E-state index is -0.00745. The van der Waals surface area contributed by atoms with Gasteiger partial charge in [-0.25, -0.2) is 0 Å². The zero-order chi connectivity index (χ0) is 13.4. The Balaban J connectivity index is 1.97. The number of likely N-dealkylation sites (tertiary alicyclic amines) is 1. The standard InChI is InChI=1S/C14H18N4O/c1-17-12-7-3-2-6-11(12)13(16-17)14(19)18-8-4-5-10(15)9-18/h2-3,6-7,10H,4-5,8-9,15H2,1H3/t10-/m1/s1. The number of hydrogen-bond donors (Lipinski definition) is 1. The summed E-state index contributed by atoms with van der Waals surface area (Å²) in [6.07, 6.45) is 1.96. The molecule has 2 heterocycles. The van der Waals surface area contributed by atoms with E-state index < -0.39 is 0 Å². The van der Waals surface area contributed by atoms with E-state index in [4.69, 9.17) is 5.73 Å². The van der Waals surface area contributed by atoms with Crippen molar-refractivity contribution in [2.75, 3.05) is 13.1 Å². The molecule has 0 radical (unpaired) electrons. The summed E-state index contributed by atoms with van der Waals surface area (Å²) in [6.45, 7) is 1.40. The van der Waals surface area contributed by atoms with Gasteiger partial charge in [0.25, 0.3) is 5.91 Å². The van der Waals surface area contributed by atoms with Crippen LogP contribution in [0.5, 0.6) is 0 Å². The molecule has 0 spiro atoms. The lowest BCUT2D eigenvalue weighted by atomic mass is 10.1. The van der Waals surface area contributed by atoms with Gasteiger partial charge in [0.05, 0.1) is 5.52 Å². The van der Waals surface area contributed by atoms with Gasteiger partial charge >= 0.3 is 0 Å². The second-order valence-electron chi connectivity index (χ2n) is 5.14. The molecule has 1 saturated heterocycles. The van der Waals surface area contributed by atoms with Crippen LogP contribution in [-0.4, -0.2) is 39.7 Å². The van der Waals surface area contributed by atoms with E-state index >= 15 is 0 Å². The van der Waals surface area contributed by atoms with Gasteiger partial charge in [0, 0.05) is 31.6 Å². The molecule has 0 unspecified atom stereocenters. The SMILES string of the molecule is Cn1nc(C(=O)N2CCC[C@@H](N)C2)c2ccccc21. The molecule has 2 aromatic rings. The number of para-hydroxylation sites is 1. The van der Waals surface area contributed by atoms with Crippen molar-refractivity contribution in [3.05, 3.63) is 30.0 Å². The van der Waals surface area contributed by atoms with Crippen LogP contribution in [0.1, 0.15) is 23.3 Å². The number of carbonyl (C=O) groups excluding carboxylic acids is 1. The van der Waals surface area contributed by atoms with Crippen molar-refractivity contribution < 1.29 is 4.79 Å². The molecular weight excluding hydrogens is 240 g/mol. The first-order valence-corrected chi connectivity index (χ1v) is 6.63. The number of carbonyl (C=O) groups is 1. The molecule has 100 valence electrons. The first-order valence-electron chi connectivity index (χ1n) is 6.63. The highest BCUT2D eigenvalue weighted by atomic mass is 16.2. The summed E-state index contributed by atoms with van der Waals surface area (Å²) in [5.41, 5.74) is 7.45. The Morgan fingerprint density at radius 3 is 3.00 bits per heavy atom. The van der Waals surface area contributed by atoms with Crippen LogP contribution in [0.4, 0.5) is 0 Å². The van der Waals surface area contributed by atoms with Gasteiger partial charge in [0.1, 0.15) is 0 Å². The van der Waals surface area contributed by atoms with Gasteiger partial charge in [0.2, 0.25) is 0 Å². The summed E-state index contributed by atoms with van der Waals surface area (Å²) in [7, 11) is 1.86. The quantitative estimate of drug-likeness (QED) is 0.834. The number of aryl methyl sites for hydroxylation is 1. The zero-order valence-electron chi connectivity index (χ0n) is 11.0. The van der Waals surface area contributed by atoms with Crippen LogP contribution in [0.25, 0.3) is 10.9 Å². The molecule has 1 aliphatic heterocycles. The van der Waals surface area contributed by atoms with Crippen LogP contribution in [0.2, 0.25) is 0 Å². The number of piperidine rings is 1. The van der Waals surface area contributed by atoms with E-state index in [0.717, 1.165) is 30.3 Å². The predicted octanol–water partition coefficient (Wildman–Crippen LogP) is 1.14. The van der Waals surface area contributed by atoms with Crippen LogP contribution in [0, 0.1) is 0 Å². The van der Waals surface area contributed by atoms with E-state index in [9.17, 15) is 4.79 Å². The van der Waals surface area contributed by atoms with E-state index in [1.165, 1.54) is 0 Å². The molecule has 0 saturated carbocycles. The van der Waals surface area contributed by atoms with Crippen molar-refractivity contribution in [1.82, 2.24) is 14.7 Å². The molecule has 1 aliphatic rings. The van der Waals surface area contributed by atoms with Crippen molar-refractivity contribution >= 4 is 16.8 Å².